The Balaban J connectivity index is 1.63. The molecule has 1 aliphatic heterocycles. The number of rotatable bonds is 3. The van der Waals surface area contributed by atoms with Gasteiger partial charge in [0.15, 0.2) is 0 Å². The SMILES string of the molecule is O=C(NCc1ccccc1F)N1C[C@@H]2CCC[C@@]2(C(=O)O)C1. The van der Waals surface area contributed by atoms with Crippen LogP contribution in [0.1, 0.15) is 24.8 Å². The average molecular weight is 306 g/mol. The van der Waals surface area contributed by atoms with Gasteiger partial charge in [0.2, 0.25) is 0 Å². The van der Waals surface area contributed by atoms with Gasteiger partial charge in [-0.3, -0.25) is 4.79 Å². The highest BCUT2D eigenvalue weighted by molar-refractivity contribution is 5.80. The summed E-state index contributed by atoms with van der Waals surface area (Å²) in [5, 5.41) is 12.2. The highest BCUT2D eigenvalue weighted by Crippen LogP contribution is 2.48. The number of urea groups is 1. The average Bonchev–Trinajstić information content (AvgIpc) is 3.04. The number of amides is 2. The van der Waals surface area contributed by atoms with E-state index in [-0.39, 0.29) is 30.9 Å². The van der Waals surface area contributed by atoms with Crippen molar-refractivity contribution in [3.63, 3.8) is 0 Å². The van der Waals surface area contributed by atoms with Crippen LogP contribution in [0.5, 0.6) is 0 Å². The fourth-order valence-corrected chi connectivity index (χ4v) is 3.72. The Hall–Kier alpha value is -2.11. The lowest BCUT2D eigenvalue weighted by Crippen LogP contribution is -2.41. The smallest absolute Gasteiger partial charge is 0.317 e. The summed E-state index contributed by atoms with van der Waals surface area (Å²) >= 11 is 0. The first-order valence-electron chi connectivity index (χ1n) is 7.52. The van der Waals surface area contributed by atoms with Gasteiger partial charge in [-0.25, -0.2) is 9.18 Å². The number of carboxylic acids is 1. The van der Waals surface area contributed by atoms with Gasteiger partial charge < -0.3 is 15.3 Å². The Kier molecular flexibility index (Phi) is 3.76. The van der Waals surface area contributed by atoms with E-state index in [0.717, 1.165) is 12.8 Å². The van der Waals surface area contributed by atoms with Crippen molar-refractivity contribution in [3.05, 3.63) is 35.6 Å². The summed E-state index contributed by atoms with van der Waals surface area (Å²) in [5.41, 5.74) is -0.363. The van der Waals surface area contributed by atoms with Crippen molar-refractivity contribution in [2.45, 2.75) is 25.8 Å². The van der Waals surface area contributed by atoms with Crippen molar-refractivity contribution in [2.75, 3.05) is 13.1 Å². The van der Waals surface area contributed by atoms with Gasteiger partial charge in [-0.05, 0) is 24.8 Å². The van der Waals surface area contributed by atoms with E-state index < -0.39 is 11.4 Å². The molecular formula is C16H19FN2O3. The lowest BCUT2D eigenvalue weighted by Gasteiger charge is -2.23. The molecule has 6 heteroatoms. The predicted octanol–water partition coefficient (Wildman–Crippen LogP) is 2.22. The van der Waals surface area contributed by atoms with Crippen LogP contribution in [0.4, 0.5) is 9.18 Å². The van der Waals surface area contributed by atoms with Crippen LogP contribution in [0.2, 0.25) is 0 Å². The van der Waals surface area contributed by atoms with Crippen LogP contribution in [0.3, 0.4) is 0 Å². The minimum atomic E-state index is -0.806. The summed E-state index contributed by atoms with van der Waals surface area (Å²) in [7, 11) is 0. The fourth-order valence-electron chi connectivity index (χ4n) is 3.72. The lowest BCUT2D eigenvalue weighted by molar-refractivity contribution is -0.149. The van der Waals surface area contributed by atoms with E-state index in [9.17, 15) is 19.1 Å². The molecule has 5 nitrogen and oxygen atoms in total. The number of fused-ring (bicyclic) bond motifs is 1. The van der Waals surface area contributed by atoms with Crippen LogP contribution in [0, 0.1) is 17.2 Å². The number of nitrogens with one attached hydrogen (secondary N) is 1. The van der Waals surface area contributed by atoms with E-state index in [0.29, 0.717) is 18.5 Å². The number of nitrogens with zero attached hydrogens (tertiary/aromatic N) is 1. The number of hydrogen-bond acceptors (Lipinski definition) is 2. The monoisotopic (exact) mass is 306 g/mol. The Morgan fingerprint density at radius 2 is 2.18 bits per heavy atom. The zero-order chi connectivity index (χ0) is 15.7. The van der Waals surface area contributed by atoms with E-state index in [1.165, 1.54) is 6.07 Å². The molecule has 118 valence electrons. The predicted molar refractivity (Wildman–Crippen MR) is 77.6 cm³/mol. The summed E-state index contributed by atoms with van der Waals surface area (Å²) in [6.45, 7) is 0.818. The molecule has 1 heterocycles. The molecule has 2 fully saturated rings. The first kappa shape index (κ1) is 14.8. The lowest BCUT2D eigenvalue weighted by atomic mass is 9.81. The molecule has 1 aliphatic carbocycles. The molecular weight excluding hydrogens is 287 g/mol. The van der Waals surface area contributed by atoms with Gasteiger partial charge in [-0.15, -0.1) is 0 Å². The van der Waals surface area contributed by atoms with Crippen LogP contribution in [-0.2, 0) is 11.3 Å². The number of aliphatic carboxylic acids is 1. The zero-order valence-electron chi connectivity index (χ0n) is 12.2. The summed E-state index contributed by atoms with van der Waals surface area (Å²) in [6.07, 6.45) is 2.38. The second-order valence-electron chi connectivity index (χ2n) is 6.18. The van der Waals surface area contributed by atoms with Crippen LogP contribution in [0.25, 0.3) is 0 Å². The number of carboxylic acid groups (broad SMARTS) is 1. The van der Waals surface area contributed by atoms with Crippen LogP contribution >= 0.6 is 0 Å². The first-order chi connectivity index (χ1) is 10.5. The molecule has 2 amide bonds. The topological polar surface area (TPSA) is 69.6 Å². The maximum atomic E-state index is 13.5. The van der Waals surface area contributed by atoms with E-state index in [2.05, 4.69) is 5.32 Å². The van der Waals surface area contributed by atoms with Crippen LogP contribution in [-0.4, -0.2) is 35.1 Å². The van der Waals surface area contributed by atoms with Crippen LogP contribution < -0.4 is 5.32 Å². The molecule has 0 spiro atoms. The minimum Gasteiger partial charge on any atom is -0.481 e. The molecule has 1 saturated carbocycles. The molecule has 0 bridgehead atoms. The van der Waals surface area contributed by atoms with Gasteiger partial charge in [0, 0.05) is 25.2 Å². The van der Waals surface area contributed by atoms with Crippen molar-refractivity contribution in [1.82, 2.24) is 10.2 Å². The molecule has 3 rings (SSSR count). The molecule has 0 aromatic heterocycles. The van der Waals surface area contributed by atoms with Gasteiger partial charge >= 0.3 is 12.0 Å². The quantitative estimate of drug-likeness (QED) is 0.899. The molecule has 2 atom stereocenters. The zero-order valence-corrected chi connectivity index (χ0v) is 12.2. The maximum Gasteiger partial charge on any atom is 0.317 e. The number of likely N-dealkylation sites (tertiary alicyclic amines) is 1. The molecule has 22 heavy (non-hydrogen) atoms. The van der Waals surface area contributed by atoms with Crippen LogP contribution in [0.15, 0.2) is 24.3 Å². The highest BCUT2D eigenvalue weighted by atomic mass is 19.1. The third-order valence-corrected chi connectivity index (χ3v) is 4.97. The Morgan fingerprint density at radius 3 is 2.86 bits per heavy atom. The van der Waals surface area contributed by atoms with E-state index in [1.807, 2.05) is 0 Å². The minimum absolute atomic E-state index is 0.0317. The van der Waals surface area contributed by atoms with E-state index in [4.69, 9.17) is 0 Å². The number of carbonyl (C=O) groups is 2. The molecule has 2 N–H and O–H groups in total. The number of carbonyl (C=O) groups excluding carboxylic acids is 1. The van der Waals surface area contributed by atoms with Gasteiger partial charge in [-0.2, -0.15) is 0 Å². The molecule has 0 radical (unpaired) electrons. The van der Waals surface area contributed by atoms with Crippen molar-refractivity contribution < 1.29 is 19.1 Å². The maximum absolute atomic E-state index is 13.5. The first-order valence-corrected chi connectivity index (χ1v) is 7.52. The number of benzene rings is 1. The summed E-state index contributed by atoms with van der Waals surface area (Å²) in [5.74, 6) is -1.13. The summed E-state index contributed by atoms with van der Waals surface area (Å²) in [4.78, 5) is 25.4. The van der Waals surface area contributed by atoms with Crippen molar-refractivity contribution in [2.24, 2.45) is 11.3 Å². The number of hydrogen-bond donors (Lipinski definition) is 2. The van der Waals surface area contributed by atoms with Gasteiger partial charge in [0.25, 0.3) is 0 Å². The molecule has 2 aliphatic rings. The summed E-state index contributed by atoms with van der Waals surface area (Å²) < 4.78 is 13.5. The second kappa shape index (κ2) is 5.59. The Labute approximate surface area is 128 Å². The standard InChI is InChI=1S/C16H19FN2O3/c17-13-6-2-1-4-11(13)8-18-15(22)19-9-12-5-3-7-16(12,10-19)14(20)21/h1-2,4,6,12H,3,5,7-10H2,(H,18,22)(H,20,21)/t12-,16+/m0/s1. The molecule has 1 aromatic carbocycles. The molecule has 1 aromatic rings. The van der Waals surface area contributed by atoms with Crippen molar-refractivity contribution in [3.8, 4) is 0 Å². The fraction of sp³-hybridized carbons (Fsp3) is 0.500. The van der Waals surface area contributed by atoms with Gasteiger partial charge in [-0.1, -0.05) is 24.6 Å². The number of halogens is 1. The Bertz CT molecular complexity index is 607. The van der Waals surface area contributed by atoms with Crippen molar-refractivity contribution >= 4 is 12.0 Å². The van der Waals surface area contributed by atoms with E-state index >= 15 is 0 Å². The third kappa shape index (κ3) is 2.42. The largest absolute Gasteiger partial charge is 0.481 e. The normalized spacial score (nSPS) is 26.8. The highest BCUT2D eigenvalue weighted by Gasteiger charge is 2.55. The molecule has 0 unspecified atom stereocenters. The van der Waals surface area contributed by atoms with Gasteiger partial charge in [0.05, 0.1) is 5.41 Å². The van der Waals surface area contributed by atoms with Gasteiger partial charge in [0.1, 0.15) is 5.82 Å². The Morgan fingerprint density at radius 1 is 1.41 bits per heavy atom. The second-order valence-corrected chi connectivity index (χ2v) is 6.18. The molecule has 1 saturated heterocycles. The third-order valence-electron chi connectivity index (χ3n) is 4.97. The summed E-state index contributed by atoms with van der Waals surface area (Å²) in [6, 6.07) is 5.95. The van der Waals surface area contributed by atoms with Crippen molar-refractivity contribution in [1.29, 1.82) is 0 Å². The van der Waals surface area contributed by atoms with E-state index in [1.54, 1.807) is 23.1 Å².